The lowest BCUT2D eigenvalue weighted by molar-refractivity contribution is 0.281. The van der Waals surface area contributed by atoms with Gasteiger partial charge in [-0.2, -0.15) is 0 Å². The number of aromatic nitrogens is 1. The molecule has 0 unspecified atom stereocenters. The van der Waals surface area contributed by atoms with Crippen molar-refractivity contribution in [3.05, 3.63) is 53.2 Å². The molecule has 0 spiro atoms. The molecule has 0 saturated heterocycles. The van der Waals surface area contributed by atoms with Crippen LogP contribution in [0.4, 0.5) is 0 Å². The minimum Gasteiger partial charge on any atom is -0.392 e. The van der Waals surface area contributed by atoms with Gasteiger partial charge in [0.25, 0.3) is 0 Å². The number of nitrogens with zero attached hydrogens (tertiary/aromatic N) is 1. The Hall–Kier alpha value is -1.03. The fraction of sp³-hybridized carbons (Fsp3) is 0.0833. The minimum atomic E-state index is 0.0267. The molecule has 4 heteroatoms. The summed E-state index contributed by atoms with van der Waals surface area (Å²) in [7, 11) is 0. The summed E-state index contributed by atoms with van der Waals surface area (Å²) >= 11 is 7.37. The van der Waals surface area contributed by atoms with Crippen molar-refractivity contribution in [3.63, 3.8) is 0 Å². The highest BCUT2D eigenvalue weighted by molar-refractivity contribution is 7.99. The highest BCUT2D eigenvalue weighted by atomic mass is 35.5. The second-order valence-electron chi connectivity index (χ2n) is 3.22. The summed E-state index contributed by atoms with van der Waals surface area (Å²) in [5.74, 6) is 0. The second-order valence-corrected chi connectivity index (χ2v) is 4.75. The molecular formula is C12H10ClNOS. The third-order valence-corrected chi connectivity index (χ3v) is 3.23. The number of benzene rings is 1. The van der Waals surface area contributed by atoms with E-state index in [1.54, 1.807) is 18.0 Å². The van der Waals surface area contributed by atoms with Crippen LogP contribution in [0.25, 0.3) is 0 Å². The molecule has 2 nitrogen and oxygen atoms in total. The number of aliphatic hydroxyl groups is 1. The van der Waals surface area contributed by atoms with Gasteiger partial charge in [-0.05, 0) is 35.9 Å². The van der Waals surface area contributed by atoms with Crippen LogP contribution in [0.1, 0.15) is 5.56 Å². The van der Waals surface area contributed by atoms with Gasteiger partial charge in [0.1, 0.15) is 5.03 Å². The van der Waals surface area contributed by atoms with Crippen molar-refractivity contribution in [2.24, 2.45) is 0 Å². The molecule has 0 aliphatic carbocycles. The number of hydrogen-bond donors (Lipinski definition) is 1. The standard InChI is InChI=1S/C12H10ClNOS/c13-10-2-4-11(5-3-10)16-12-6-1-9(8-15)7-14-12/h1-7,15H,8H2. The fourth-order valence-corrected chi connectivity index (χ4v) is 2.07. The van der Waals surface area contributed by atoms with E-state index in [-0.39, 0.29) is 6.61 Å². The van der Waals surface area contributed by atoms with E-state index in [4.69, 9.17) is 16.7 Å². The Balaban J connectivity index is 2.11. The van der Waals surface area contributed by atoms with E-state index in [0.717, 1.165) is 20.5 Å². The molecule has 0 aliphatic heterocycles. The summed E-state index contributed by atoms with van der Waals surface area (Å²) in [6.45, 7) is 0.0267. The van der Waals surface area contributed by atoms with E-state index >= 15 is 0 Å². The lowest BCUT2D eigenvalue weighted by Crippen LogP contribution is -1.85. The number of halogens is 1. The fourth-order valence-electron chi connectivity index (χ4n) is 1.19. The summed E-state index contributed by atoms with van der Waals surface area (Å²) in [5.41, 5.74) is 0.820. The van der Waals surface area contributed by atoms with Crippen LogP contribution in [0.2, 0.25) is 5.02 Å². The van der Waals surface area contributed by atoms with Crippen LogP contribution in [0, 0.1) is 0 Å². The Morgan fingerprint density at radius 2 is 1.88 bits per heavy atom. The first-order chi connectivity index (χ1) is 7.78. The maximum atomic E-state index is 8.89. The van der Waals surface area contributed by atoms with E-state index in [0.29, 0.717) is 0 Å². The monoisotopic (exact) mass is 251 g/mol. The molecule has 1 aromatic heterocycles. The molecule has 2 aromatic rings. The number of rotatable bonds is 3. The Labute approximate surface area is 103 Å². The van der Waals surface area contributed by atoms with Crippen molar-refractivity contribution in [3.8, 4) is 0 Å². The largest absolute Gasteiger partial charge is 0.392 e. The first-order valence-corrected chi connectivity index (χ1v) is 5.96. The SMILES string of the molecule is OCc1ccc(Sc2ccc(Cl)cc2)nc1. The molecule has 1 N–H and O–H groups in total. The van der Waals surface area contributed by atoms with Gasteiger partial charge in [-0.15, -0.1) is 0 Å². The van der Waals surface area contributed by atoms with Gasteiger partial charge in [-0.1, -0.05) is 29.4 Å². The summed E-state index contributed by atoms with van der Waals surface area (Å²) in [4.78, 5) is 5.33. The molecule has 2 rings (SSSR count). The van der Waals surface area contributed by atoms with Crippen LogP contribution in [0.5, 0.6) is 0 Å². The van der Waals surface area contributed by atoms with E-state index < -0.39 is 0 Å². The van der Waals surface area contributed by atoms with Crippen molar-refractivity contribution in [1.29, 1.82) is 0 Å². The maximum Gasteiger partial charge on any atom is 0.101 e. The van der Waals surface area contributed by atoms with Crippen molar-refractivity contribution < 1.29 is 5.11 Å². The van der Waals surface area contributed by atoms with Crippen molar-refractivity contribution in [2.75, 3.05) is 0 Å². The lowest BCUT2D eigenvalue weighted by Gasteiger charge is -2.01. The Morgan fingerprint density at radius 3 is 2.44 bits per heavy atom. The molecule has 82 valence electrons. The summed E-state index contributed by atoms with van der Waals surface area (Å²) in [6, 6.07) is 11.4. The third kappa shape index (κ3) is 2.98. The van der Waals surface area contributed by atoms with Crippen molar-refractivity contribution in [1.82, 2.24) is 4.98 Å². The lowest BCUT2D eigenvalue weighted by atomic mass is 10.3. The zero-order chi connectivity index (χ0) is 11.4. The summed E-state index contributed by atoms with van der Waals surface area (Å²) in [6.07, 6.45) is 1.68. The first kappa shape index (κ1) is 11.5. The molecule has 0 radical (unpaired) electrons. The molecule has 0 fully saturated rings. The van der Waals surface area contributed by atoms with Crippen LogP contribution in [-0.2, 0) is 6.61 Å². The van der Waals surface area contributed by atoms with Gasteiger partial charge in [-0.25, -0.2) is 4.98 Å². The van der Waals surface area contributed by atoms with Crippen molar-refractivity contribution >= 4 is 23.4 Å². The van der Waals surface area contributed by atoms with Gasteiger partial charge in [0.05, 0.1) is 6.61 Å². The molecule has 16 heavy (non-hydrogen) atoms. The molecule has 1 aromatic carbocycles. The highest BCUT2D eigenvalue weighted by Crippen LogP contribution is 2.26. The zero-order valence-corrected chi connectivity index (χ0v) is 10.0. The second kappa shape index (κ2) is 5.34. The third-order valence-electron chi connectivity index (χ3n) is 2.02. The molecule has 0 atom stereocenters. The first-order valence-electron chi connectivity index (χ1n) is 4.77. The number of pyridine rings is 1. The minimum absolute atomic E-state index is 0.0267. The normalized spacial score (nSPS) is 10.4. The number of hydrogen-bond acceptors (Lipinski definition) is 3. The summed E-state index contributed by atoms with van der Waals surface area (Å²) in [5, 5.41) is 10.5. The summed E-state index contributed by atoms with van der Waals surface area (Å²) < 4.78 is 0. The molecular weight excluding hydrogens is 242 g/mol. The van der Waals surface area contributed by atoms with Gasteiger partial charge < -0.3 is 5.11 Å². The van der Waals surface area contributed by atoms with Gasteiger partial charge in [-0.3, -0.25) is 0 Å². The van der Waals surface area contributed by atoms with Gasteiger partial charge >= 0.3 is 0 Å². The van der Waals surface area contributed by atoms with Gasteiger partial charge in [0.15, 0.2) is 0 Å². The molecule has 0 bridgehead atoms. The highest BCUT2D eigenvalue weighted by Gasteiger charge is 1.99. The average molecular weight is 252 g/mol. The van der Waals surface area contributed by atoms with Crippen molar-refractivity contribution in [2.45, 2.75) is 16.5 Å². The Morgan fingerprint density at radius 1 is 1.12 bits per heavy atom. The Bertz CT molecular complexity index is 455. The van der Waals surface area contributed by atoms with Crippen LogP contribution < -0.4 is 0 Å². The smallest absolute Gasteiger partial charge is 0.101 e. The van der Waals surface area contributed by atoms with E-state index in [9.17, 15) is 0 Å². The van der Waals surface area contributed by atoms with E-state index in [1.165, 1.54) is 0 Å². The van der Waals surface area contributed by atoms with E-state index in [1.807, 2.05) is 36.4 Å². The predicted octanol–water partition coefficient (Wildman–Crippen LogP) is 3.38. The van der Waals surface area contributed by atoms with Crippen LogP contribution in [0.15, 0.2) is 52.5 Å². The van der Waals surface area contributed by atoms with Crippen LogP contribution in [0.3, 0.4) is 0 Å². The predicted molar refractivity (Wildman–Crippen MR) is 65.7 cm³/mol. The van der Waals surface area contributed by atoms with Gasteiger partial charge in [0, 0.05) is 16.1 Å². The molecule has 0 aliphatic rings. The quantitative estimate of drug-likeness (QED) is 0.908. The molecule has 1 heterocycles. The molecule has 0 amide bonds. The van der Waals surface area contributed by atoms with Crippen LogP contribution in [-0.4, -0.2) is 10.1 Å². The van der Waals surface area contributed by atoms with E-state index in [2.05, 4.69) is 4.98 Å². The van der Waals surface area contributed by atoms with Gasteiger partial charge in [0.2, 0.25) is 0 Å². The number of aliphatic hydroxyl groups excluding tert-OH is 1. The zero-order valence-electron chi connectivity index (χ0n) is 8.43. The average Bonchev–Trinajstić information content (AvgIpc) is 2.33. The molecule has 0 saturated carbocycles. The maximum absolute atomic E-state index is 8.89. The Kier molecular flexibility index (Phi) is 3.83. The van der Waals surface area contributed by atoms with Crippen LogP contribution >= 0.6 is 23.4 Å². The topological polar surface area (TPSA) is 33.1 Å².